The Balaban J connectivity index is 1.83. The minimum atomic E-state index is -1.01. The highest BCUT2D eigenvalue weighted by Gasteiger charge is 2.02. The smallest absolute Gasteiger partial charge is 0.335 e. The van der Waals surface area contributed by atoms with Crippen LogP contribution in [0.2, 0.25) is 0 Å². The second kappa shape index (κ2) is 8.35. The lowest BCUT2D eigenvalue weighted by atomic mass is 10.1. The number of carbonyl (C=O) groups is 2. The van der Waals surface area contributed by atoms with Crippen molar-refractivity contribution in [1.82, 2.24) is 4.98 Å². The number of aromatic nitrogens is 1. The predicted molar refractivity (Wildman–Crippen MR) is 103 cm³/mol. The third-order valence-electron chi connectivity index (χ3n) is 3.64. The van der Waals surface area contributed by atoms with Gasteiger partial charge in [0.1, 0.15) is 11.4 Å². The van der Waals surface area contributed by atoms with Gasteiger partial charge in [0, 0.05) is 11.1 Å². The van der Waals surface area contributed by atoms with Gasteiger partial charge in [0.05, 0.1) is 11.1 Å². The first-order valence-electron chi connectivity index (χ1n) is 8.19. The standard InChI is InChI=1S/C23H13NO4/c25-22(26)18-6-1-4-16(14-18)10-12-20-8-3-9-21(24-20)13-11-17-5-2-7-19(15-17)23(27)28/h1-9,14-15H,(H,25,26)(H,27,28). The maximum absolute atomic E-state index is 11.0. The van der Waals surface area contributed by atoms with Crippen molar-refractivity contribution in [1.29, 1.82) is 0 Å². The van der Waals surface area contributed by atoms with E-state index in [4.69, 9.17) is 10.2 Å². The van der Waals surface area contributed by atoms with E-state index in [9.17, 15) is 9.59 Å². The maximum atomic E-state index is 11.0. The molecule has 3 rings (SSSR count). The average molecular weight is 367 g/mol. The van der Waals surface area contributed by atoms with Crippen LogP contribution in [0.25, 0.3) is 0 Å². The molecule has 1 heterocycles. The Morgan fingerprint density at radius 3 is 1.50 bits per heavy atom. The fourth-order valence-electron chi connectivity index (χ4n) is 2.31. The molecule has 5 heteroatoms. The lowest BCUT2D eigenvalue weighted by Gasteiger charge is -1.95. The summed E-state index contributed by atoms with van der Waals surface area (Å²) < 4.78 is 0. The minimum absolute atomic E-state index is 0.169. The van der Waals surface area contributed by atoms with Crippen molar-refractivity contribution in [2.24, 2.45) is 0 Å². The van der Waals surface area contributed by atoms with Gasteiger partial charge >= 0.3 is 11.9 Å². The normalized spacial score (nSPS) is 9.43. The summed E-state index contributed by atoms with van der Waals surface area (Å²) in [6, 6.07) is 17.9. The average Bonchev–Trinajstić information content (AvgIpc) is 2.71. The van der Waals surface area contributed by atoms with Gasteiger partial charge in [-0.15, -0.1) is 0 Å². The van der Waals surface area contributed by atoms with Gasteiger partial charge in [-0.25, -0.2) is 14.6 Å². The molecule has 0 amide bonds. The summed E-state index contributed by atoms with van der Waals surface area (Å²) in [5.41, 5.74) is 2.47. The number of carboxylic acids is 2. The highest BCUT2D eigenvalue weighted by molar-refractivity contribution is 5.88. The third kappa shape index (κ3) is 4.85. The second-order valence-corrected chi connectivity index (χ2v) is 5.68. The Bertz CT molecular complexity index is 1100. The molecule has 0 saturated heterocycles. The van der Waals surface area contributed by atoms with Gasteiger partial charge in [-0.05, 0) is 60.4 Å². The molecular weight excluding hydrogens is 354 g/mol. The van der Waals surface area contributed by atoms with Crippen LogP contribution in [-0.2, 0) is 0 Å². The van der Waals surface area contributed by atoms with E-state index in [0.29, 0.717) is 22.5 Å². The molecule has 0 bridgehead atoms. The summed E-state index contributed by atoms with van der Waals surface area (Å²) >= 11 is 0. The molecule has 5 nitrogen and oxygen atoms in total. The number of rotatable bonds is 2. The van der Waals surface area contributed by atoms with Gasteiger partial charge in [0.25, 0.3) is 0 Å². The first-order valence-corrected chi connectivity index (χ1v) is 8.19. The van der Waals surface area contributed by atoms with Crippen molar-refractivity contribution in [2.75, 3.05) is 0 Å². The zero-order chi connectivity index (χ0) is 19.9. The van der Waals surface area contributed by atoms with Crippen LogP contribution in [-0.4, -0.2) is 27.1 Å². The van der Waals surface area contributed by atoms with Crippen LogP contribution in [0.15, 0.2) is 66.7 Å². The highest BCUT2D eigenvalue weighted by atomic mass is 16.4. The Hall–Kier alpha value is -4.35. The molecule has 2 N–H and O–H groups in total. The number of hydrogen-bond acceptors (Lipinski definition) is 3. The molecule has 0 radical (unpaired) electrons. The summed E-state index contributed by atoms with van der Waals surface area (Å²) in [5, 5.41) is 18.0. The maximum Gasteiger partial charge on any atom is 0.335 e. The monoisotopic (exact) mass is 367 g/mol. The zero-order valence-corrected chi connectivity index (χ0v) is 14.5. The van der Waals surface area contributed by atoms with Crippen LogP contribution in [0.3, 0.4) is 0 Å². The van der Waals surface area contributed by atoms with Crippen LogP contribution in [0, 0.1) is 23.7 Å². The quantitative estimate of drug-likeness (QED) is 0.679. The number of carboxylic acid groups (broad SMARTS) is 2. The van der Waals surface area contributed by atoms with Crippen molar-refractivity contribution in [3.8, 4) is 23.7 Å². The Morgan fingerprint density at radius 1 is 0.643 bits per heavy atom. The van der Waals surface area contributed by atoms with Crippen molar-refractivity contribution in [3.05, 3.63) is 100 Å². The molecule has 0 aliphatic carbocycles. The minimum Gasteiger partial charge on any atom is -0.478 e. The van der Waals surface area contributed by atoms with Crippen molar-refractivity contribution >= 4 is 11.9 Å². The number of nitrogens with zero attached hydrogens (tertiary/aromatic N) is 1. The van der Waals surface area contributed by atoms with Gasteiger partial charge < -0.3 is 10.2 Å². The largest absolute Gasteiger partial charge is 0.478 e. The van der Waals surface area contributed by atoms with Crippen LogP contribution in [0.5, 0.6) is 0 Å². The van der Waals surface area contributed by atoms with E-state index in [2.05, 4.69) is 28.7 Å². The molecule has 0 atom stereocenters. The van der Waals surface area contributed by atoms with Crippen LogP contribution in [0.1, 0.15) is 43.2 Å². The molecule has 0 spiro atoms. The van der Waals surface area contributed by atoms with E-state index >= 15 is 0 Å². The summed E-state index contributed by atoms with van der Waals surface area (Å²) in [6.45, 7) is 0. The molecule has 3 aromatic rings. The van der Waals surface area contributed by atoms with Crippen LogP contribution in [0.4, 0.5) is 0 Å². The lowest BCUT2D eigenvalue weighted by molar-refractivity contribution is 0.0686. The van der Waals surface area contributed by atoms with Crippen molar-refractivity contribution in [3.63, 3.8) is 0 Å². The fraction of sp³-hybridized carbons (Fsp3) is 0. The second-order valence-electron chi connectivity index (χ2n) is 5.68. The van der Waals surface area contributed by atoms with Gasteiger partial charge in [0.15, 0.2) is 0 Å². The summed E-state index contributed by atoms with van der Waals surface area (Å²) in [4.78, 5) is 26.4. The number of hydrogen-bond donors (Lipinski definition) is 2. The fourth-order valence-corrected chi connectivity index (χ4v) is 2.31. The summed E-state index contributed by atoms with van der Waals surface area (Å²) in [5.74, 6) is 9.54. The molecular formula is C23H13NO4. The molecule has 0 aliphatic heterocycles. The number of benzene rings is 2. The van der Waals surface area contributed by atoms with E-state index < -0.39 is 11.9 Å². The predicted octanol–water partition coefficient (Wildman–Crippen LogP) is 3.28. The van der Waals surface area contributed by atoms with Crippen molar-refractivity contribution < 1.29 is 19.8 Å². The SMILES string of the molecule is O=C(O)c1cccc(C#Cc2cccc(C#Cc3cccc(C(=O)O)c3)n2)c1. The van der Waals surface area contributed by atoms with Gasteiger partial charge in [0.2, 0.25) is 0 Å². The Morgan fingerprint density at radius 2 is 1.07 bits per heavy atom. The van der Waals surface area contributed by atoms with E-state index in [1.165, 1.54) is 24.3 Å². The van der Waals surface area contributed by atoms with Crippen molar-refractivity contribution in [2.45, 2.75) is 0 Å². The molecule has 2 aromatic carbocycles. The molecule has 1 aromatic heterocycles. The van der Waals surface area contributed by atoms with Crippen LogP contribution >= 0.6 is 0 Å². The molecule has 0 fully saturated rings. The van der Waals surface area contributed by atoms with E-state index in [1.807, 2.05) is 0 Å². The van der Waals surface area contributed by atoms with Gasteiger partial charge in [-0.3, -0.25) is 0 Å². The molecule has 134 valence electrons. The first kappa shape index (κ1) is 18.4. The number of pyridine rings is 1. The topological polar surface area (TPSA) is 87.5 Å². The Labute approximate surface area is 161 Å². The van der Waals surface area contributed by atoms with Gasteiger partial charge in [-0.2, -0.15) is 0 Å². The van der Waals surface area contributed by atoms with Crippen LogP contribution < -0.4 is 0 Å². The van der Waals surface area contributed by atoms with E-state index in [1.54, 1.807) is 42.5 Å². The molecule has 0 saturated carbocycles. The van der Waals surface area contributed by atoms with E-state index in [-0.39, 0.29) is 11.1 Å². The molecule has 0 aliphatic rings. The van der Waals surface area contributed by atoms with Gasteiger partial charge in [-0.1, -0.05) is 30.0 Å². The summed E-state index contributed by atoms with van der Waals surface area (Å²) in [7, 11) is 0. The molecule has 0 unspecified atom stereocenters. The zero-order valence-electron chi connectivity index (χ0n) is 14.5. The summed E-state index contributed by atoms with van der Waals surface area (Å²) in [6.07, 6.45) is 0. The number of aromatic carboxylic acids is 2. The first-order chi connectivity index (χ1) is 13.5. The lowest BCUT2D eigenvalue weighted by Crippen LogP contribution is -1.96. The highest BCUT2D eigenvalue weighted by Crippen LogP contribution is 2.06. The third-order valence-corrected chi connectivity index (χ3v) is 3.64. The Kier molecular flexibility index (Phi) is 5.50. The van der Waals surface area contributed by atoms with E-state index in [0.717, 1.165) is 0 Å². The molecule has 28 heavy (non-hydrogen) atoms.